The van der Waals surface area contributed by atoms with Gasteiger partial charge in [-0.1, -0.05) is 57.2 Å². The van der Waals surface area contributed by atoms with Crippen LogP contribution in [-0.4, -0.2) is 23.6 Å². The number of alkyl halides is 1. The lowest BCUT2D eigenvalue weighted by Gasteiger charge is -2.22. The van der Waals surface area contributed by atoms with Crippen LogP contribution in [0.25, 0.3) is 11.1 Å². The van der Waals surface area contributed by atoms with Gasteiger partial charge in [-0.2, -0.15) is 0 Å². The summed E-state index contributed by atoms with van der Waals surface area (Å²) in [5, 5.41) is 13.0. The molecule has 2 aromatic rings. The average Bonchev–Trinajstić information content (AvgIpc) is 2.52. The zero-order chi connectivity index (χ0) is 16.2. The van der Waals surface area contributed by atoms with Gasteiger partial charge >= 0.3 is 0 Å². The summed E-state index contributed by atoms with van der Waals surface area (Å²) in [6.07, 6.45) is -0.549. The summed E-state index contributed by atoms with van der Waals surface area (Å²) in [7, 11) is 0. The van der Waals surface area contributed by atoms with Gasteiger partial charge in [-0.15, -0.1) is 11.6 Å². The second-order valence-corrected chi connectivity index (χ2v) is 6.87. The molecule has 0 amide bonds. The molecular formula is C19H24ClNO. The molecule has 0 radical (unpaired) electrons. The van der Waals surface area contributed by atoms with Gasteiger partial charge in [0.1, 0.15) is 0 Å². The van der Waals surface area contributed by atoms with E-state index in [2.05, 4.69) is 56.4 Å². The van der Waals surface area contributed by atoms with Gasteiger partial charge in [0, 0.05) is 17.8 Å². The minimum Gasteiger partial charge on any atom is -0.390 e. The summed E-state index contributed by atoms with van der Waals surface area (Å²) in [5.41, 5.74) is 4.71. The largest absolute Gasteiger partial charge is 0.390 e. The SMILES string of the molecule is CC(C)(C)c1ccc(NCC(O)CCl)c(-c2ccccc2)c1. The van der Waals surface area contributed by atoms with Crippen LogP contribution in [0.2, 0.25) is 0 Å². The Balaban J connectivity index is 2.40. The van der Waals surface area contributed by atoms with E-state index >= 15 is 0 Å². The molecule has 0 bridgehead atoms. The first-order chi connectivity index (χ1) is 10.4. The minimum atomic E-state index is -0.549. The molecule has 118 valence electrons. The molecule has 3 heteroatoms. The van der Waals surface area contributed by atoms with Crippen molar-refractivity contribution in [3.63, 3.8) is 0 Å². The Labute approximate surface area is 138 Å². The van der Waals surface area contributed by atoms with Crippen molar-refractivity contribution in [1.29, 1.82) is 0 Å². The molecule has 1 atom stereocenters. The lowest BCUT2D eigenvalue weighted by Crippen LogP contribution is -2.21. The molecule has 2 N–H and O–H groups in total. The maximum Gasteiger partial charge on any atom is 0.0847 e. The van der Waals surface area contributed by atoms with Crippen molar-refractivity contribution in [2.24, 2.45) is 0 Å². The third-order valence-corrected chi connectivity index (χ3v) is 4.03. The zero-order valence-electron chi connectivity index (χ0n) is 13.4. The predicted molar refractivity (Wildman–Crippen MR) is 95.8 cm³/mol. The Morgan fingerprint density at radius 1 is 1.09 bits per heavy atom. The van der Waals surface area contributed by atoms with Crippen LogP contribution >= 0.6 is 11.6 Å². The predicted octanol–water partition coefficient (Wildman–Crippen LogP) is 4.66. The van der Waals surface area contributed by atoms with E-state index in [1.54, 1.807) is 0 Å². The highest BCUT2D eigenvalue weighted by Crippen LogP contribution is 2.33. The molecular weight excluding hydrogens is 294 g/mol. The number of aliphatic hydroxyl groups is 1. The van der Waals surface area contributed by atoms with E-state index in [1.807, 2.05) is 18.2 Å². The van der Waals surface area contributed by atoms with Crippen LogP contribution in [0, 0.1) is 0 Å². The molecule has 0 aliphatic rings. The van der Waals surface area contributed by atoms with Gasteiger partial charge in [0.25, 0.3) is 0 Å². The summed E-state index contributed by atoms with van der Waals surface area (Å²) in [4.78, 5) is 0. The van der Waals surface area contributed by atoms with E-state index in [4.69, 9.17) is 11.6 Å². The number of benzene rings is 2. The molecule has 0 aliphatic heterocycles. The Morgan fingerprint density at radius 2 is 1.77 bits per heavy atom. The van der Waals surface area contributed by atoms with Crippen LogP contribution in [0.3, 0.4) is 0 Å². The van der Waals surface area contributed by atoms with Gasteiger partial charge in [0.05, 0.1) is 12.0 Å². The number of hydrogen-bond acceptors (Lipinski definition) is 2. The fourth-order valence-corrected chi connectivity index (χ4v) is 2.41. The molecule has 2 rings (SSSR count). The first kappa shape index (κ1) is 16.9. The highest BCUT2D eigenvalue weighted by Gasteiger charge is 2.16. The Hall–Kier alpha value is -1.51. The normalized spacial score (nSPS) is 13.0. The quantitative estimate of drug-likeness (QED) is 0.786. The smallest absolute Gasteiger partial charge is 0.0847 e. The van der Waals surface area contributed by atoms with E-state index < -0.39 is 6.10 Å². The molecule has 0 heterocycles. The van der Waals surface area contributed by atoms with E-state index in [9.17, 15) is 5.11 Å². The van der Waals surface area contributed by atoms with Crippen LogP contribution in [-0.2, 0) is 5.41 Å². The van der Waals surface area contributed by atoms with Crippen molar-refractivity contribution in [3.05, 3.63) is 54.1 Å². The number of anilines is 1. The molecule has 0 spiro atoms. The van der Waals surface area contributed by atoms with Crippen molar-refractivity contribution in [2.75, 3.05) is 17.7 Å². The molecule has 0 fully saturated rings. The topological polar surface area (TPSA) is 32.3 Å². The van der Waals surface area contributed by atoms with Crippen molar-refractivity contribution >= 4 is 17.3 Å². The summed E-state index contributed by atoms with van der Waals surface area (Å²) in [5.74, 6) is 0.230. The molecule has 0 aromatic heterocycles. The third kappa shape index (κ3) is 4.25. The number of halogens is 1. The van der Waals surface area contributed by atoms with Crippen LogP contribution in [0.5, 0.6) is 0 Å². The summed E-state index contributed by atoms with van der Waals surface area (Å²) in [6, 6.07) is 16.8. The fourth-order valence-electron chi connectivity index (χ4n) is 2.30. The molecule has 0 saturated heterocycles. The van der Waals surface area contributed by atoms with Crippen LogP contribution in [0.1, 0.15) is 26.3 Å². The van der Waals surface area contributed by atoms with Gasteiger partial charge in [-0.25, -0.2) is 0 Å². The number of hydrogen-bond donors (Lipinski definition) is 2. The maximum atomic E-state index is 9.67. The highest BCUT2D eigenvalue weighted by atomic mass is 35.5. The monoisotopic (exact) mass is 317 g/mol. The molecule has 0 aliphatic carbocycles. The number of rotatable bonds is 5. The Kier molecular flexibility index (Phi) is 5.49. The lowest BCUT2D eigenvalue weighted by molar-refractivity contribution is 0.211. The standard InChI is InChI=1S/C19H24ClNO/c1-19(2,3)15-9-10-18(21-13-16(22)12-20)17(11-15)14-7-5-4-6-8-14/h4-11,16,21-22H,12-13H2,1-3H3. The summed E-state index contributed by atoms with van der Waals surface area (Å²) in [6.45, 7) is 7.07. The van der Waals surface area contributed by atoms with Gasteiger partial charge in [-0.05, 0) is 28.7 Å². The minimum absolute atomic E-state index is 0.0950. The second-order valence-electron chi connectivity index (χ2n) is 6.57. The molecule has 1 unspecified atom stereocenters. The van der Waals surface area contributed by atoms with Crippen molar-refractivity contribution in [2.45, 2.75) is 32.3 Å². The van der Waals surface area contributed by atoms with E-state index in [1.165, 1.54) is 5.56 Å². The Bertz CT molecular complexity index is 605. The Morgan fingerprint density at radius 3 is 2.36 bits per heavy atom. The van der Waals surface area contributed by atoms with E-state index in [0.29, 0.717) is 6.54 Å². The molecule has 2 aromatic carbocycles. The lowest BCUT2D eigenvalue weighted by atomic mass is 9.85. The average molecular weight is 318 g/mol. The second kappa shape index (κ2) is 7.17. The van der Waals surface area contributed by atoms with Crippen LogP contribution in [0.4, 0.5) is 5.69 Å². The van der Waals surface area contributed by atoms with E-state index in [0.717, 1.165) is 16.8 Å². The summed E-state index contributed by atoms with van der Waals surface area (Å²) < 4.78 is 0. The van der Waals surface area contributed by atoms with Crippen molar-refractivity contribution < 1.29 is 5.11 Å². The number of nitrogens with one attached hydrogen (secondary N) is 1. The van der Waals surface area contributed by atoms with Gasteiger partial charge < -0.3 is 10.4 Å². The van der Waals surface area contributed by atoms with Crippen molar-refractivity contribution in [3.8, 4) is 11.1 Å². The summed E-state index contributed by atoms with van der Waals surface area (Å²) >= 11 is 5.67. The first-order valence-electron chi connectivity index (χ1n) is 7.59. The van der Waals surface area contributed by atoms with Gasteiger partial charge in [0.15, 0.2) is 0 Å². The van der Waals surface area contributed by atoms with E-state index in [-0.39, 0.29) is 11.3 Å². The van der Waals surface area contributed by atoms with Crippen molar-refractivity contribution in [1.82, 2.24) is 0 Å². The number of aliphatic hydroxyl groups excluding tert-OH is 1. The molecule has 22 heavy (non-hydrogen) atoms. The molecule has 2 nitrogen and oxygen atoms in total. The zero-order valence-corrected chi connectivity index (χ0v) is 14.2. The van der Waals surface area contributed by atoms with Gasteiger partial charge in [-0.3, -0.25) is 0 Å². The third-order valence-electron chi connectivity index (χ3n) is 3.68. The van der Waals surface area contributed by atoms with Crippen LogP contribution in [0.15, 0.2) is 48.5 Å². The maximum absolute atomic E-state index is 9.67. The van der Waals surface area contributed by atoms with Gasteiger partial charge in [0.2, 0.25) is 0 Å². The first-order valence-corrected chi connectivity index (χ1v) is 8.13. The fraction of sp³-hybridized carbons (Fsp3) is 0.368. The highest BCUT2D eigenvalue weighted by molar-refractivity contribution is 6.18. The van der Waals surface area contributed by atoms with Crippen LogP contribution < -0.4 is 5.32 Å². The molecule has 0 saturated carbocycles.